The summed E-state index contributed by atoms with van der Waals surface area (Å²) in [6, 6.07) is 0. The Balaban J connectivity index is 1.36. The van der Waals surface area contributed by atoms with E-state index in [1.54, 1.807) is 26.0 Å². The maximum Gasteiger partial charge on any atom is 0.225 e. The molecule has 3 rings (SSSR count). The van der Waals surface area contributed by atoms with Crippen molar-refractivity contribution in [3.05, 3.63) is 23.8 Å². The Labute approximate surface area is 301 Å². The van der Waals surface area contributed by atoms with Gasteiger partial charge in [0, 0.05) is 32.4 Å². The van der Waals surface area contributed by atoms with Crippen LogP contribution in [0.3, 0.4) is 0 Å². The lowest BCUT2D eigenvalue weighted by molar-refractivity contribution is -0.324. The van der Waals surface area contributed by atoms with Gasteiger partial charge in [-0.1, -0.05) is 39.8 Å². The van der Waals surface area contributed by atoms with Crippen LogP contribution in [0.25, 0.3) is 0 Å². The number of ether oxygens (including phenoxy) is 3. The van der Waals surface area contributed by atoms with Crippen molar-refractivity contribution in [1.82, 2.24) is 10.6 Å². The molecule has 0 aromatic heterocycles. The van der Waals surface area contributed by atoms with Gasteiger partial charge in [0.2, 0.25) is 11.8 Å². The fraction of sp³-hybridized carbons (Fsp3) is 0.825. The van der Waals surface area contributed by atoms with Crippen LogP contribution in [0.5, 0.6) is 0 Å². The minimum atomic E-state index is -1.02. The Morgan fingerprint density at radius 3 is 2.36 bits per heavy atom. The van der Waals surface area contributed by atoms with Crippen LogP contribution in [0.1, 0.15) is 132 Å². The van der Waals surface area contributed by atoms with Crippen molar-refractivity contribution in [2.24, 2.45) is 23.7 Å². The van der Waals surface area contributed by atoms with Crippen LogP contribution in [-0.2, 0) is 28.6 Å². The molecular formula is C40H68N2O8. The molecular weight excluding hydrogens is 636 g/mol. The van der Waals surface area contributed by atoms with Gasteiger partial charge in [0.05, 0.1) is 49.0 Å². The first-order valence-corrected chi connectivity index (χ1v) is 19.5. The monoisotopic (exact) mass is 704 g/mol. The molecule has 3 aliphatic heterocycles. The van der Waals surface area contributed by atoms with E-state index < -0.39 is 23.9 Å². The van der Waals surface area contributed by atoms with Gasteiger partial charge < -0.3 is 35.1 Å². The summed E-state index contributed by atoms with van der Waals surface area (Å²) in [6.45, 7) is 14.2. The van der Waals surface area contributed by atoms with Gasteiger partial charge in [0.15, 0.2) is 11.6 Å². The minimum absolute atomic E-state index is 0.0223. The second-order valence-corrected chi connectivity index (χ2v) is 15.7. The Bertz CT molecular complexity index is 1140. The summed E-state index contributed by atoms with van der Waals surface area (Å²) < 4.78 is 19.5. The fourth-order valence-electron chi connectivity index (χ4n) is 7.51. The predicted octanol–water partition coefficient (Wildman–Crippen LogP) is 5.93. The van der Waals surface area contributed by atoms with Crippen LogP contribution in [0.15, 0.2) is 23.8 Å². The first-order chi connectivity index (χ1) is 23.7. The van der Waals surface area contributed by atoms with Gasteiger partial charge in [-0.3, -0.25) is 14.4 Å². The van der Waals surface area contributed by atoms with Gasteiger partial charge in [-0.05, 0) is 108 Å². The highest BCUT2D eigenvalue weighted by molar-refractivity contribution is 5.89. The summed E-state index contributed by atoms with van der Waals surface area (Å²) >= 11 is 0. The van der Waals surface area contributed by atoms with Gasteiger partial charge >= 0.3 is 0 Å². The number of aliphatic hydroxyl groups excluding tert-OH is 2. The van der Waals surface area contributed by atoms with E-state index in [9.17, 15) is 24.6 Å². The van der Waals surface area contributed by atoms with Crippen molar-refractivity contribution < 1.29 is 38.8 Å². The van der Waals surface area contributed by atoms with Gasteiger partial charge in [-0.15, -0.1) is 0 Å². The number of hydrogen-bond donors (Lipinski definition) is 4. The number of amides is 2. The molecule has 2 amide bonds. The van der Waals surface area contributed by atoms with Gasteiger partial charge in [-0.25, -0.2) is 0 Å². The summed E-state index contributed by atoms with van der Waals surface area (Å²) in [5.74, 6) is -0.680. The zero-order valence-corrected chi connectivity index (χ0v) is 32.0. The molecule has 3 fully saturated rings. The maximum absolute atomic E-state index is 12.9. The van der Waals surface area contributed by atoms with E-state index in [0.717, 1.165) is 76.2 Å². The first-order valence-electron chi connectivity index (χ1n) is 19.5. The van der Waals surface area contributed by atoms with E-state index in [1.807, 2.05) is 20.8 Å². The van der Waals surface area contributed by atoms with Crippen LogP contribution in [-0.4, -0.2) is 83.3 Å². The quantitative estimate of drug-likeness (QED) is 0.0782. The smallest absolute Gasteiger partial charge is 0.225 e. The first kappa shape index (κ1) is 42.3. The van der Waals surface area contributed by atoms with Crippen LogP contribution >= 0.6 is 0 Å². The second-order valence-electron chi connectivity index (χ2n) is 15.7. The summed E-state index contributed by atoms with van der Waals surface area (Å²) in [5.41, 5.74) is 1.01. The second kappa shape index (κ2) is 20.8. The molecule has 1 spiro atoms. The fourth-order valence-corrected chi connectivity index (χ4v) is 7.51. The molecule has 3 aliphatic rings. The molecule has 0 aromatic rings. The molecule has 3 heterocycles. The van der Waals surface area contributed by atoms with Crippen molar-refractivity contribution in [2.45, 2.75) is 174 Å². The number of allylic oxidation sites excluding steroid dienone is 3. The van der Waals surface area contributed by atoms with Crippen molar-refractivity contribution in [2.75, 3.05) is 13.1 Å². The van der Waals surface area contributed by atoms with E-state index in [2.05, 4.69) is 30.6 Å². The molecule has 50 heavy (non-hydrogen) atoms. The Kier molecular flexibility index (Phi) is 17.6. The van der Waals surface area contributed by atoms with E-state index >= 15 is 0 Å². The Morgan fingerprint density at radius 2 is 1.64 bits per heavy atom. The molecule has 0 aliphatic carbocycles. The highest BCUT2D eigenvalue weighted by Crippen LogP contribution is 2.43. The summed E-state index contributed by atoms with van der Waals surface area (Å²) in [7, 11) is 0. The maximum atomic E-state index is 12.9. The number of hydrogen-bond acceptors (Lipinski definition) is 8. The van der Waals surface area contributed by atoms with Gasteiger partial charge in [0.1, 0.15) is 0 Å². The standard InChI is InChI=1S/C40H68N2O8/c1-8-11-32(44)23-34-17-15-27(3)37(48-34)24-38(46)42-25-35(45)30(6)39(47)41-21-10-13-36-28(4)18-20-40(50-36)19-9-12-33(49-40)16-14-26(2)22-29(5)31(7)43/h8,11,22,26-28,30-31,33-37,43,45H,9-10,12-21,23-25H2,1-7H3,(H,41,47)(H,42,46)/b11-8+,29-22+/t26-,27-,28-,30+,31-,33-,34-,35+,36+,37-,40-/m0/s1. The summed E-state index contributed by atoms with van der Waals surface area (Å²) in [5, 5.41) is 26.2. The topological polar surface area (TPSA) is 143 Å². The van der Waals surface area contributed by atoms with E-state index in [4.69, 9.17) is 14.2 Å². The van der Waals surface area contributed by atoms with Crippen LogP contribution in [0.4, 0.5) is 0 Å². The van der Waals surface area contributed by atoms with Crippen LogP contribution < -0.4 is 10.6 Å². The molecule has 11 atom stereocenters. The zero-order chi connectivity index (χ0) is 36.8. The van der Waals surface area contributed by atoms with Crippen LogP contribution in [0.2, 0.25) is 0 Å². The van der Waals surface area contributed by atoms with E-state index in [-0.39, 0.29) is 60.9 Å². The van der Waals surface area contributed by atoms with Crippen molar-refractivity contribution >= 4 is 17.6 Å². The van der Waals surface area contributed by atoms with Gasteiger partial charge in [-0.2, -0.15) is 0 Å². The molecule has 286 valence electrons. The average molecular weight is 705 g/mol. The number of rotatable bonds is 18. The highest BCUT2D eigenvalue weighted by Gasteiger charge is 2.44. The third-order valence-corrected chi connectivity index (χ3v) is 11.2. The molecule has 0 aromatic carbocycles. The van der Waals surface area contributed by atoms with E-state index in [0.29, 0.717) is 24.8 Å². The summed E-state index contributed by atoms with van der Waals surface area (Å²) in [6.07, 6.45) is 14.5. The van der Waals surface area contributed by atoms with Crippen molar-refractivity contribution in [3.63, 3.8) is 0 Å². The molecule has 4 N–H and O–H groups in total. The molecule has 10 nitrogen and oxygen atoms in total. The number of nitrogens with one attached hydrogen (secondary N) is 2. The molecule has 0 unspecified atom stereocenters. The normalized spacial score (nSPS) is 31.6. The van der Waals surface area contributed by atoms with Crippen molar-refractivity contribution in [1.29, 1.82) is 0 Å². The minimum Gasteiger partial charge on any atom is -0.390 e. The van der Waals surface area contributed by atoms with Crippen molar-refractivity contribution in [3.8, 4) is 0 Å². The highest BCUT2D eigenvalue weighted by atomic mass is 16.7. The largest absolute Gasteiger partial charge is 0.390 e. The lowest BCUT2D eigenvalue weighted by atomic mass is 9.85. The molecule has 3 saturated heterocycles. The zero-order valence-electron chi connectivity index (χ0n) is 32.0. The number of aliphatic hydroxyl groups is 2. The molecule has 0 radical (unpaired) electrons. The SMILES string of the molecule is C/C=C/C(=O)C[C@@H]1CC[C@H](C)[C@H](CC(=O)NC[C@@H](O)[C@@H](C)C(=O)NCCC[C@H]2O[C@@]3(CCC[C@@H](CC[C@H](C)/C=C(\C)[C@H](C)O)O3)CC[C@@H]2C)O1. The Hall–Kier alpha value is -2.11. The van der Waals surface area contributed by atoms with Gasteiger partial charge in [0.25, 0.3) is 0 Å². The Morgan fingerprint density at radius 1 is 0.900 bits per heavy atom. The third-order valence-electron chi connectivity index (χ3n) is 11.2. The number of carbonyl (C=O) groups is 3. The predicted molar refractivity (Wildman–Crippen MR) is 195 cm³/mol. The number of ketones is 1. The molecule has 0 bridgehead atoms. The van der Waals surface area contributed by atoms with Crippen LogP contribution in [0, 0.1) is 23.7 Å². The van der Waals surface area contributed by atoms with E-state index in [1.165, 1.54) is 0 Å². The third kappa shape index (κ3) is 13.8. The molecule has 10 heteroatoms. The average Bonchev–Trinajstić information content (AvgIpc) is 3.07. The lowest BCUT2D eigenvalue weighted by Crippen LogP contribution is -2.50. The lowest BCUT2D eigenvalue weighted by Gasteiger charge is -2.48. The number of carbonyl (C=O) groups excluding carboxylic acids is 3. The molecule has 0 saturated carbocycles. The summed E-state index contributed by atoms with van der Waals surface area (Å²) in [4.78, 5) is 37.6.